The smallest absolute Gasteiger partial charge is 0.326 e. The first-order valence-electron chi connectivity index (χ1n) is 7.15. The Balaban J connectivity index is 2.47. The highest BCUT2D eigenvalue weighted by atomic mass is 16.4. The van der Waals surface area contributed by atoms with Gasteiger partial charge in [-0.3, -0.25) is 4.79 Å². The number of carboxylic acids is 1. The van der Waals surface area contributed by atoms with E-state index >= 15 is 0 Å². The van der Waals surface area contributed by atoms with Crippen LogP contribution in [-0.4, -0.2) is 34.2 Å². The molecule has 0 fully saturated rings. The maximum atomic E-state index is 11.8. The lowest BCUT2D eigenvalue weighted by Crippen LogP contribution is -2.46. The Morgan fingerprint density at radius 2 is 1.81 bits per heavy atom. The van der Waals surface area contributed by atoms with Crippen molar-refractivity contribution < 1.29 is 19.8 Å². The molecular formula is C16H23NO4. The van der Waals surface area contributed by atoms with Gasteiger partial charge in [-0.15, -0.1) is 0 Å². The van der Waals surface area contributed by atoms with Crippen molar-refractivity contribution in [3.05, 3.63) is 35.9 Å². The van der Waals surface area contributed by atoms with Crippen molar-refractivity contribution in [2.24, 2.45) is 5.92 Å². The Hall–Kier alpha value is -1.88. The van der Waals surface area contributed by atoms with Crippen LogP contribution in [-0.2, 0) is 16.0 Å². The van der Waals surface area contributed by atoms with Gasteiger partial charge in [-0.1, -0.05) is 44.2 Å². The van der Waals surface area contributed by atoms with Crippen LogP contribution in [0.2, 0.25) is 0 Å². The zero-order valence-electron chi connectivity index (χ0n) is 12.5. The molecule has 0 aromatic heterocycles. The van der Waals surface area contributed by atoms with Crippen LogP contribution in [0.4, 0.5) is 0 Å². The lowest BCUT2D eigenvalue weighted by atomic mass is 10.0. The van der Waals surface area contributed by atoms with E-state index in [2.05, 4.69) is 5.32 Å². The second kappa shape index (κ2) is 8.42. The normalized spacial score (nSPS) is 13.7. The number of hydrogen-bond acceptors (Lipinski definition) is 3. The van der Waals surface area contributed by atoms with E-state index in [0.29, 0.717) is 12.8 Å². The molecular weight excluding hydrogens is 270 g/mol. The van der Waals surface area contributed by atoms with Crippen molar-refractivity contribution in [1.29, 1.82) is 0 Å². The predicted octanol–water partition coefficient (Wildman–Crippen LogP) is 1.60. The number of aliphatic hydroxyl groups excluding tert-OH is 1. The molecule has 21 heavy (non-hydrogen) atoms. The number of amides is 1. The summed E-state index contributed by atoms with van der Waals surface area (Å²) in [5, 5.41) is 21.3. The second-order valence-electron chi connectivity index (χ2n) is 5.57. The molecule has 1 aromatic rings. The van der Waals surface area contributed by atoms with Gasteiger partial charge in [0.2, 0.25) is 5.91 Å². The highest BCUT2D eigenvalue weighted by Crippen LogP contribution is 2.08. The van der Waals surface area contributed by atoms with E-state index in [1.165, 1.54) is 0 Å². The molecule has 5 nitrogen and oxygen atoms in total. The third-order valence-corrected chi connectivity index (χ3v) is 3.17. The number of hydrogen-bond donors (Lipinski definition) is 3. The molecule has 116 valence electrons. The Bertz CT molecular complexity index is 459. The summed E-state index contributed by atoms with van der Waals surface area (Å²) < 4.78 is 0. The van der Waals surface area contributed by atoms with Crippen molar-refractivity contribution in [1.82, 2.24) is 5.32 Å². The van der Waals surface area contributed by atoms with Crippen molar-refractivity contribution in [2.45, 2.75) is 45.3 Å². The zero-order valence-corrected chi connectivity index (χ0v) is 12.5. The summed E-state index contributed by atoms with van der Waals surface area (Å²) >= 11 is 0. The molecule has 0 radical (unpaired) electrons. The number of carbonyl (C=O) groups is 2. The highest BCUT2D eigenvalue weighted by molar-refractivity contribution is 5.86. The molecule has 1 unspecified atom stereocenters. The number of aryl methyl sites for hydroxylation is 1. The zero-order chi connectivity index (χ0) is 15.8. The molecule has 0 bridgehead atoms. The number of carboxylic acid groups (broad SMARTS) is 1. The minimum atomic E-state index is -1.20. The molecule has 0 aliphatic heterocycles. The van der Waals surface area contributed by atoms with Crippen LogP contribution in [0.1, 0.15) is 32.3 Å². The fourth-order valence-corrected chi connectivity index (χ4v) is 2.04. The van der Waals surface area contributed by atoms with Crippen molar-refractivity contribution in [3.63, 3.8) is 0 Å². The molecule has 0 aliphatic rings. The Morgan fingerprint density at radius 1 is 1.19 bits per heavy atom. The minimum Gasteiger partial charge on any atom is -0.480 e. The van der Waals surface area contributed by atoms with Gasteiger partial charge in [-0.2, -0.15) is 0 Å². The maximum Gasteiger partial charge on any atom is 0.326 e. The van der Waals surface area contributed by atoms with E-state index in [1.54, 1.807) is 0 Å². The summed E-state index contributed by atoms with van der Waals surface area (Å²) in [6.45, 7) is 3.77. The van der Waals surface area contributed by atoms with Crippen LogP contribution in [0, 0.1) is 5.92 Å². The number of benzene rings is 1. The van der Waals surface area contributed by atoms with E-state index in [1.807, 2.05) is 44.2 Å². The average Bonchev–Trinajstić information content (AvgIpc) is 2.44. The molecule has 5 heteroatoms. The minimum absolute atomic E-state index is 0.146. The summed E-state index contributed by atoms with van der Waals surface area (Å²) in [6.07, 6.45) is -0.0209. The van der Waals surface area contributed by atoms with Gasteiger partial charge in [0.05, 0.1) is 0 Å². The molecule has 0 aliphatic carbocycles. The predicted molar refractivity (Wildman–Crippen MR) is 79.8 cm³/mol. The first-order valence-corrected chi connectivity index (χ1v) is 7.15. The Kier molecular flexibility index (Phi) is 6.88. The molecule has 3 N–H and O–H groups in total. The lowest BCUT2D eigenvalue weighted by molar-refractivity contribution is -0.143. The Morgan fingerprint density at radius 3 is 2.33 bits per heavy atom. The SMILES string of the molecule is CC(C)C[C@H](NC(=O)C(O)CCc1ccccc1)C(=O)O. The Labute approximate surface area is 125 Å². The quantitative estimate of drug-likeness (QED) is 0.679. The monoisotopic (exact) mass is 293 g/mol. The highest BCUT2D eigenvalue weighted by Gasteiger charge is 2.24. The molecule has 0 heterocycles. The molecule has 1 aromatic carbocycles. The average molecular weight is 293 g/mol. The van der Waals surface area contributed by atoms with Gasteiger partial charge in [0, 0.05) is 0 Å². The number of aliphatic hydroxyl groups is 1. The summed E-state index contributed by atoms with van der Waals surface area (Å²) in [7, 11) is 0. The van der Waals surface area contributed by atoms with E-state index in [4.69, 9.17) is 5.11 Å². The van der Waals surface area contributed by atoms with E-state index < -0.39 is 24.0 Å². The van der Waals surface area contributed by atoms with Crippen LogP contribution in [0.25, 0.3) is 0 Å². The topological polar surface area (TPSA) is 86.6 Å². The lowest BCUT2D eigenvalue weighted by Gasteiger charge is -2.18. The van der Waals surface area contributed by atoms with Crippen LogP contribution < -0.4 is 5.32 Å². The van der Waals surface area contributed by atoms with Gasteiger partial charge in [0.25, 0.3) is 0 Å². The number of rotatable bonds is 8. The maximum absolute atomic E-state index is 11.8. The molecule has 2 atom stereocenters. The number of nitrogens with one attached hydrogen (secondary N) is 1. The molecule has 0 saturated heterocycles. The van der Waals surface area contributed by atoms with Gasteiger partial charge in [0.15, 0.2) is 0 Å². The third-order valence-electron chi connectivity index (χ3n) is 3.17. The van der Waals surface area contributed by atoms with Crippen molar-refractivity contribution in [2.75, 3.05) is 0 Å². The van der Waals surface area contributed by atoms with Crippen molar-refractivity contribution in [3.8, 4) is 0 Å². The summed E-state index contributed by atoms with van der Waals surface area (Å²) in [5.74, 6) is -1.56. The largest absolute Gasteiger partial charge is 0.480 e. The standard InChI is InChI=1S/C16H23NO4/c1-11(2)10-13(16(20)21)17-15(19)14(18)9-8-12-6-4-3-5-7-12/h3-7,11,13-14,18H,8-10H2,1-2H3,(H,17,19)(H,20,21)/t13-,14?/m0/s1. The van der Waals surface area contributed by atoms with Gasteiger partial charge < -0.3 is 15.5 Å². The fraction of sp³-hybridized carbons (Fsp3) is 0.500. The fourth-order valence-electron chi connectivity index (χ4n) is 2.04. The molecule has 1 amide bonds. The van der Waals surface area contributed by atoms with Crippen LogP contribution in [0.15, 0.2) is 30.3 Å². The first kappa shape index (κ1) is 17.2. The van der Waals surface area contributed by atoms with Gasteiger partial charge in [-0.05, 0) is 30.7 Å². The first-order chi connectivity index (χ1) is 9.90. The van der Waals surface area contributed by atoms with Gasteiger partial charge in [0.1, 0.15) is 12.1 Å². The number of carbonyl (C=O) groups excluding carboxylic acids is 1. The number of aliphatic carboxylic acids is 1. The molecule has 0 saturated carbocycles. The van der Waals surface area contributed by atoms with Gasteiger partial charge in [-0.25, -0.2) is 4.79 Å². The van der Waals surface area contributed by atoms with E-state index in [-0.39, 0.29) is 12.3 Å². The third kappa shape index (κ3) is 6.40. The van der Waals surface area contributed by atoms with E-state index in [9.17, 15) is 14.7 Å². The summed E-state index contributed by atoms with van der Waals surface area (Å²) in [5.41, 5.74) is 1.03. The summed E-state index contributed by atoms with van der Waals surface area (Å²) in [4.78, 5) is 22.9. The molecule has 0 spiro atoms. The van der Waals surface area contributed by atoms with Crippen LogP contribution in [0.5, 0.6) is 0 Å². The van der Waals surface area contributed by atoms with Gasteiger partial charge >= 0.3 is 5.97 Å². The second-order valence-corrected chi connectivity index (χ2v) is 5.57. The molecule has 1 rings (SSSR count). The summed E-state index contributed by atoms with van der Waals surface area (Å²) in [6, 6.07) is 8.57. The van der Waals surface area contributed by atoms with E-state index in [0.717, 1.165) is 5.56 Å². The van der Waals surface area contributed by atoms with Crippen LogP contribution in [0.3, 0.4) is 0 Å². The van der Waals surface area contributed by atoms with Crippen molar-refractivity contribution >= 4 is 11.9 Å². The van der Waals surface area contributed by atoms with Crippen LogP contribution >= 0.6 is 0 Å².